The molecule has 27 heavy (non-hydrogen) atoms. The van der Waals surface area contributed by atoms with Crippen molar-refractivity contribution in [2.45, 2.75) is 31.6 Å². The Morgan fingerprint density at radius 1 is 1.00 bits per heavy atom. The van der Waals surface area contributed by atoms with Crippen LogP contribution in [0.15, 0.2) is 48.5 Å². The number of carbonyl (C=O) groups is 2. The van der Waals surface area contributed by atoms with Gasteiger partial charge in [0.05, 0.1) is 0 Å². The van der Waals surface area contributed by atoms with Crippen LogP contribution in [0.3, 0.4) is 0 Å². The van der Waals surface area contributed by atoms with E-state index in [1.54, 1.807) is 12.1 Å². The molecule has 0 atom stereocenters. The minimum absolute atomic E-state index is 0. The minimum Gasteiger partial charge on any atom is -0.481 e. The fourth-order valence-electron chi connectivity index (χ4n) is 3.27. The SMILES string of the molecule is Cl.O=C(O)CCc1ccc(NC(=O)c2ccc(C3CCNCC3)cc2)cc1. The van der Waals surface area contributed by atoms with Crippen molar-refractivity contribution >= 4 is 30.0 Å². The Labute approximate surface area is 165 Å². The van der Waals surface area contributed by atoms with Crippen molar-refractivity contribution in [1.82, 2.24) is 5.32 Å². The molecular formula is C21H25ClN2O3. The quantitative estimate of drug-likeness (QED) is 0.702. The molecule has 1 aliphatic rings. The summed E-state index contributed by atoms with van der Waals surface area (Å²) in [7, 11) is 0. The highest BCUT2D eigenvalue weighted by molar-refractivity contribution is 6.04. The third kappa shape index (κ3) is 6.08. The predicted molar refractivity (Wildman–Crippen MR) is 109 cm³/mol. The molecule has 1 fully saturated rings. The van der Waals surface area contributed by atoms with E-state index in [9.17, 15) is 9.59 Å². The number of hydrogen-bond acceptors (Lipinski definition) is 3. The summed E-state index contributed by atoms with van der Waals surface area (Å²) < 4.78 is 0. The highest BCUT2D eigenvalue weighted by Gasteiger charge is 2.15. The molecule has 6 heteroatoms. The lowest BCUT2D eigenvalue weighted by atomic mass is 9.90. The molecule has 3 rings (SSSR count). The molecule has 1 aliphatic heterocycles. The van der Waals surface area contributed by atoms with Crippen LogP contribution in [0.2, 0.25) is 0 Å². The van der Waals surface area contributed by atoms with Gasteiger partial charge in [0.15, 0.2) is 0 Å². The van der Waals surface area contributed by atoms with Crippen LogP contribution in [0.5, 0.6) is 0 Å². The van der Waals surface area contributed by atoms with Crippen LogP contribution >= 0.6 is 12.4 Å². The first-order valence-electron chi connectivity index (χ1n) is 9.04. The van der Waals surface area contributed by atoms with E-state index in [0.717, 1.165) is 31.5 Å². The maximum absolute atomic E-state index is 12.4. The van der Waals surface area contributed by atoms with Crippen LogP contribution in [0.25, 0.3) is 0 Å². The third-order valence-corrected chi connectivity index (χ3v) is 4.82. The number of rotatable bonds is 6. The number of anilines is 1. The van der Waals surface area contributed by atoms with Gasteiger partial charge in [-0.3, -0.25) is 9.59 Å². The van der Waals surface area contributed by atoms with Crippen molar-refractivity contribution < 1.29 is 14.7 Å². The predicted octanol–water partition coefficient (Wildman–Crippen LogP) is 3.84. The van der Waals surface area contributed by atoms with Gasteiger partial charge in [0.25, 0.3) is 5.91 Å². The van der Waals surface area contributed by atoms with Gasteiger partial charge in [-0.05, 0) is 73.7 Å². The summed E-state index contributed by atoms with van der Waals surface area (Å²) in [5.74, 6) is -0.373. The van der Waals surface area contributed by atoms with E-state index in [0.29, 0.717) is 23.6 Å². The van der Waals surface area contributed by atoms with Gasteiger partial charge in [0, 0.05) is 17.7 Å². The number of aliphatic carboxylic acids is 1. The summed E-state index contributed by atoms with van der Waals surface area (Å²) in [5.41, 5.74) is 3.58. The Morgan fingerprint density at radius 2 is 1.63 bits per heavy atom. The first-order valence-corrected chi connectivity index (χ1v) is 9.04. The summed E-state index contributed by atoms with van der Waals surface area (Å²) in [6, 6.07) is 15.2. The number of nitrogens with one attached hydrogen (secondary N) is 2. The van der Waals surface area contributed by atoms with E-state index in [2.05, 4.69) is 22.8 Å². The lowest BCUT2D eigenvalue weighted by Gasteiger charge is -2.23. The standard InChI is InChI=1S/C21H24N2O3.ClH/c24-20(25)10-3-15-1-8-19(9-2-15)23-21(26)18-6-4-16(5-7-18)17-11-13-22-14-12-17;/h1-2,4-9,17,22H,3,10-14H2,(H,23,26)(H,24,25);1H. The fourth-order valence-corrected chi connectivity index (χ4v) is 3.27. The molecular weight excluding hydrogens is 364 g/mol. The van der Waals surface area contributed by atoms with Crippen LogP contribution in [-0.4, -0.2) is 30.1 Å². The Balaban J connectivity index is 0.00000261. The number of benzene rings is 2. The molecule has 3 N–H and O–H groups in total. The molecule has 5 nitrogen and oxygen atoms in total. The van der Waals surface area contributed by atoms with E-state index in [1.807, 2.05) is 24.3 Å². The number of hydrogen-bond donors (Lipinski definition) is 3. The second kappa shape index (κ2) is 10.1. The maximum Gasteiger partial charge on any atom is 0.303 e. The van der Waals surface area contributed by atoms with E-state index < -0.39 is 5.97 Å². The monoisotopic (exact) mass is 388 g/mol. The molecule has 0 spiro atoms. The highest BCUT2D eigenvalue weighted by atomic mass is 35.5. The van der Waals surface area contributed by atoms with E-state index in [1.165, 1.54) is 5.56 Å². The van der Waals surface area contributed by atoms with Gasteiger partial charge in [-0.2, -0.15) is 0 Å². The molecule has 1 amide bonds. The van der Waals surface area contributed by atoms with Crippen molar-refractivity contribution in [2.24, 2.45) is 0 Å². The van der Waals surface area contributed by atoms with Crippen LogP contribution in [0, 0.1) is 0 Å². The van der Waals surface area contributed by atoms with Gasteiger partial charge < -0.3 is 15.7 Å². The largest absolute Gasteiger partial charge is 0.481 e. The van der Waals surface area contributed by atoms with Gasteiger partial charge >= 0.3 is 5.97 Å². The first kappa shape index (κ1) is 20.9. The Hall–Kier alpha value is -2.37. The maximum atomic E-state index is 12.4. The zero-order valence-corrected chi connectivity index (χ0v) is 15.9. The van der Waals surface area contributed by atoms with Crippen LogP contribution in [0.1, 0.15) is 46.7 Å². The molecule has 2 aromatic carbocycles. The van der Waals surface area contributed by atoms with Crippen molar-refractivity contribution in [3.8, 4) is 0 Å². The molecule has 0 aromatic heterocycles. The molecule has 0 radical (unpaired) electrons. The number of carbonyl (C=O) groups excluding carboxylic acids is 1. The summed E-state index contributed by atoms with van der Waals surface area (Å²) in [4.78, 5) is 23.0. The van der Waals surface area contributed by atoms with E-state index >= 15 is 0 Å². The molecule has 0 unspecified atom stereocenters. The Bertz CT molecular complexity index is 754. The zero-order chi connectivity index (χ0) is 18.4. The summed E-state index contributed by atoms with van der Waals surface area (Å²) >= 11 is 0. The average molecular weight is 389 g/mol. The first-order chi connectivity index (χ1) is 12.6. The molecule has 1 saturated heterocycles. The topological polar surface area (TPSA) is 78.4 Å². The van der Waals surface area contributed by atoms with Crippen LogP contribution in [0.4, 0.5) is 5.69 Å². The van der Waals surface area contributed by atoms with Crippen molar-refractivity contribution in [2.75, 3.05) is 18.4 Å². The van der Waals surface area contributed by atoms with Gasteiger partial charge in [-0.1, -0.05) is 24.3 Å². The molecule has 144 valence electrons. The summed E-state index contributed by atoms with van der Waals surface area (Å²) in [6.07, 6.45) is 2.87. The van der Waals surface area contributed by atoms with E-state index in [4.69, 9.17) is 5.11 Å². The van der Waals surface area contributed by atoms with Crippen LogP contribution < -0.4 is 10.6 Å². The molecule has 0 saturated carbocycles. The van der Waals surface area contributed by atoms with Gasteiger partial charge in [0.1, 0.15) is 0 Å². The number of aryl methyl sites for hydroxylation is 1. The molecule has 0 aliphatic carbocycles. The van der Waals surface area contributed by atoms with Crippen LogP contribution in [-0.2, 0) is 11.2 Å². The van der Waals surface area contributed by atoms with E-state index in [-0.39, 0.29) is 24.7 Å². The summed E-state index contributed by atoms with van der Waals surface area (Å²) in [6.45, 7) is 2.10. The fraction of sp³-hybridized carbons (Fsp3) is 0.333. The van der Waals surface area contributed by atoms with Crippen molar-refractivity contribution in [1.29, 1.82) is 0 Å². The molecule has 1 heterocycles. The minimum atomic E-state index is -0.810. The number of halogens is 1. The van der Waals surface area contributed by atoms with Crippen molar-refractivity contribution in [3.05, 3.63) is 65.2 Å². The smallest absolute Gasteiger partial charge is 0.303 e. The number of amides is 1. The lowest BCUT2D eigenvalue weighted by Crippen LogP contribution is -2.26. The number of piperidine rings is 1. The second-order valence-corrected chi connectivity index (χ2v) is 6.69. The highest BCUT2D eigenvalue weighted by Crippen LogP contribution is 2.25. The lowest BCUT2D eigenvalue weighted by molar-refractivity contribution is -0.136. The Morgan fingerprint density at radius 3 is 2.22 bits per heavy atom. The zero-order valence-electron chi connectivity index (χ0n) is 15.1. The number of carboxylic acid groups (broad SMARTS) is 1. The Kier molecular flexibility index (Phi) is 7.82. The second-order valence-electron chi connectivity index (χ2n) is 6.69. The van der Waals surface area contributed by atoms with Gasteiger partial charge in [-0.25, -0.2) is 0 Å². The average Bonchev–Trinajstić information content (AvgIpc) is 2.68. The number of carboxylic acids is 1. The third-order valence-electron chi connectivity index (χ3n) is 4.82. The summed E-state index contributed by atoms with van der Waals surface area (Å²) in [5, 5.41) is 15.0. The molecule has 0 bridgehead atoms. The molecule has 2 aromatic rings. The van der Waals surface area contributed by atoms with Gasteiger partial charge in [0.2, 0.25) is 0 Å². The normalized spacial score (nSPS) is 14.2. The van der Waals surface area contributed by atoms with Crippen molar-refractivity contribution in [3.63, 3.8) is 0 Å². The van der Waals surface area contributed by atoms with Gasteiger partial charge in [-0.15, -0.1) is 12.4 Å².